The van der Waals surface area contributed by atoms with E-state index in [0.717, 1.165) is 76.5 Å². The molecule has 7 aromatic carbocycles. The van der Waals surface area contributed by atoms with Crippen LogP contribution in [0.1, 0.15) is 0 Å². The first-order valence-corrected chi connectivity index (χ1v) is 18.0. The van der Waals surface area contributed by atoms with Crippen molar-refractivity contribution in [2.24, 2.45) is 0 Å². The normalized spacial score (nSPS) is 11.9. The lowest BCUT2D eigenvalue weighted by molar-refractivity contribution is 0.673. The summed E-state index contributed by atoms with van der Waals surface area (Å²) in [7, 11) is 0. The Balaban J connectivity index is 1.32. The molecule has 0 spiro atoms. The van der Waals surface area contributed by atoms with E-state index in [0.29, 0.717) is 0 Å². The summed E-state index contributed by atoms with van der Waals surface area (Å²) in [6.45, 7) is 0. The standard InChI is InChI=1S/C46H29N3OS/c1-4-16-30(17-5-1)47(31-18-6-2-7-19-31)39-28-29-40(51-39)49-37-26-14-10-22-33(37)41-44-42(46-43(45(41)49)35-24-12-15-27-38(35)50-46)34-23-11-13-25-36(34)48(44)32-20-8-3-9-21-32/h1-29H. The van der Waals surface area contributed by atoms with Gasteiger partial charge in [-0.25, -0.2) is 0 Å². The first kappa shape index (κ1) is 28.3. The molecule has 4 aromatic heterocycles. The van der Waals surface area contributed by atoms with E-state index < -0.39 is 0 Å². The maximum absolute atomic E-state index is 6.95. The summed E-state index contributed by atoms with van der Waals surface area (Å²) in [6, 6.07) is 62.6. The van der Waals surface area contributed by atoms with E-state index in [1.807, 2.05) is 0 Å². The van der Waals surface area contributed by atoms with Crippen LogP contribution in [-0.2, 0) is 0 Å². The first-order chi connectivity index (χ1) is 25.3. The van der Waals surface area contributed by atoms with E-state index in [2.05, 4.69) is 190 Å². The van der Waals surface area contributed by atoms with E-state index >= 15 is 0 Å². The van der Waals surface area contributed by atoms with Gasteiger partial charge in [0.25, 0.3) is 0 Å². The predicted molar refractivity (Wildman–Crippen MR) is 215 cm³/mol. The highest BCUT2D eigenvalue weighted by Gasteiger charge is 2.28. The molecule has 0 aliphatic rings. The molecule has 5 heteroatoms. The number of benzene rings is 7. The molecule has 0 amide bonds. The molecule has 4 nitrogen and oxygen atoms in total. The molecule has 4 heterocycles. The number of furan rings is 1. The van der Waals surface area contributed by atoms with Crippen molar-refractivity contribution in [3.63, 3.8) is 0 Å². The van der Waals surface area contributed by atoms with Crippen LogP contribution in [-0.4, -0.2) is 9.13 Å². The molecular formula is C46H29N3OS. The summed E-state index contributed by atoms with van der Waals surface area (Å²) in [5.74, 6) is 0. The maximum atomic E-state index is 6.95. The van der Waals surface area contributed by atoms with Crippen molar-refractivity contribution in [3.8, 4) is 10.7 Å². The van der Waals surface area contributed by atoms with Gasteiger partial charge >= 0.3 is 0 Å². The van der Waals surface area contributed by atoms with E-state index in [1.54, 1.807) is 11.3 Å². The fourth-order valence-electron chi connectivity index (χ4n) is 8.07. The molecule has 0 aliphatic carbocycles. The van der Waals surface area contributed by atoms with Gasteiger partial charge in [0.15, 0.2) is 0 Å². The van der Waals surface area contributed by atoms with Crippen molar-refractivity contribution in [3.05, 3.63) is 176 Å². The van der Waals surface area contributed by atoms with Crippen molar-refractivity contribution in [2.75, 3.05) is 4.90 Å². The molecule has 0 saturated carbocycles. The molecule has 0 N–H and O–H groups in total. The first-order valence-electron chi connectivity index (χ1n) is 17.2. The van der Waals surface area contributed by atoms with Crippen LogP contribution in [0.4, 0.5) is 16.4 Å². The van der Waals surface area contributed by atoms with Gasteiger partial charge in [0, 0.05) is 38.6 Å². The van der Waals surface area contributed by atoms with Crippen LogP contribution in [0.3, 0.4) is 0 Å². The molecule has 11 rings (SSSR count). The van der Waals surface area contributed by atoms with Crippen LogP contribution in [0.25, 0.3) is 76.2 Å². The lowest BCUT2D eigenvalue weighted by atomic mass is 10.0. The number of hydrogen-bond donors (Lipinski definition) is 0. The largest absolute Gasteiger partial charge is 0.455 e. The Morgan fingerprint density at radius 1 is 0.431 bits per heavy atom. The van der Waals surface area contributed by atoms with E-state index in [-0.39, 0.29) is 0 Å². The van der Waals surface area contributed by atoms with Crippen molar-refractivity contribution >= 4 is 93.3 Å². The number of aromatic nitrogens is 2. The van der Waals surface area contributed by atoms with Crippen molar-refractivity contribution in [2.45, 2.75) is 0 Å². The Kier molecular flexibility index (Phi) is 6.09. The highest BCUT2D eigenvalue weighted by Crippen LogP contribution is 2.50. The Labute approximate surface area is 297 Å². The molecule has 0 atom stereocenters. The molecule has 0 bridgehead atoms. The number of hydrogen-bond acceptors (Lipinski definition) is 3. The SMILES string of the molecule is c1ccc(N(c2ccccc2)c2ccc(-n3c4ccccc4c4c5c(c6ccccc6n5-c5ccccc5)c5oc6ccccc6c5c43)s2)cc1. The number of anilines is 3. The molecule has 0 radical (unpaired) electrons. The summed E-state index contributed by atoms with van der Waals surface area (Å²) in [5, 5.41) is 9.29. The number of para-hydroxylation sites is 6. The molecule has 51 heavy (non-hydrogen) atoms. The molecule has 0 aliphatic heterocycles. The molecular weight excluding hydrogens is 643 g/mol. The van der Waals surface area contributed by atoms with Gasteiger partial charge in [0.2, 0.25) is 0 Å². The predicted octanol–water partition coefficient (Wildman–Crippen LogP) is 13.3. The van der Waals surface area contributed by atoms with Crippen LogP contribution in [0.15, 0.2) is 180 Å². The Morgan fingerprint density at radius 3 is 1.63 bits per heavy atom. The lowest BCUT2D eigenvalue weighted by Crippen LogP contribution is -2.07. The molecule has 0 saturated heterocycles. The average Bonchev–Trinajstić information content (AvgIpc) is 3.97. The summed E-state index contributed by atoms with van der Waals surface area (Å²) < 4.78 is 11.9. The van der Waals surface area contributed by atoms with Crippen LogP contribution in [0.2, 0.25) is 0 Å². The lowest BCUT2D eigenvalue weighted by Gasteiger charge is -2.23. The van der Waals surface area contributed by atoms with Crippen molar-refractivity contribution in [1.82, 2.24) is 9.13 Å². The van der Waals surface area contributed by atoms with Gasteiger partial charge in [-0.3, -0.25) is 4.57 Å². The Bertz CT molecular complexity index is 3040. The zero-order valence-corrected chi connectivity index (χ0v) is 28.2. The maximum Gasteiger partial charge on any atom is 0.147 e. The van der Waals surface area contributed by atoms with E-state index in [4.69, 9.17) is 4.42 Å². The van der Waals surface area contributed by atoms with E-state index in [9.17, 15) is 0 Å². The summed E-state index contributed by atoms with van der Waals surface area (Å²) in [6.07, 6.45) is 0. The number of fused-ring (bicyclic) bond motifs is 12. The third-order valence-corrected chi connectivity index (χ3v) is 11.2. The zero-order chi connectivity index (χ0) is 33.5. The van der Waals surface area contributed by atoms with Gasteiger partial charge in [-0.2, -0.15) is 0 Å². The van der Waals surface area contributed by atoms with Crippen LogP contribution in [0, 0.1) is 0 Å². The quantitative estimate of drug-likeness (QED) is 0.182. The smallest absolute Gasteiger partial charge is 0.147 e. The van der Waals surface area contributed by atoms with Crippen molar-refractivity contribution in [1.29, 1.82) is 0 Å². The van der Waals surface area contributed by atoms with Crippen LogP contribution in [0.5, 0.6) is 0 Å². The zero-order valence-electron chi connectivity index (χ0n) is 27.4. The number of thiophene rings is 1. The third-order valence-electron chi connectivity index (χ3n) is 10.1. The fourth-order valence-corrected chi connectivity index (χ4v) is 9.14. The third kappa shape index (κ3) is 4.07. The number of nitrogens with zero attached hydrogens (tertiary/aromatic N) is 3. The van der Waals surface area contributed by atoms with Crippen LogP contribution < -0.4 is 4.90 Å². The highest BCUT2D eigenvalue weighted by atomic mass is 32.1. The van der Waals surface area contributed by atoms with E-state index in [1.165, 1.54) is 16.2 Å². The molecule has 0 unspecified atom stereocenters. The second kappa shape index (κ2) is 11.0. The Morgan fingerprint density at radius 2 is 0.941 bits per heavy atom. The van der Waals surface area contributed by atoms with Gasteiger partial charge in [-0.15, -0.1) is 0 Å². The fraction of sp³-hybridized carbons (Fsp3) is 0. The van der Waals surface area contributed by atoms with Crippen molar-refractivity contribution < 1.29 is 4.42 Å². The average molecular weight is 672 g/mol. The minimum Gasteiger partial charge on any atom is -0.455 e. The van der Waals surface area contributed by atoms with Gasteiger partial charge in [-0.1, -0.05) is 121 Å². The minimum atomic E-state index is 0.890. The van der Waals surface area contributed by atoms with Crippen LogP contribution >= 0.6 is 11.3 Å². The summed E-state index contributed by atoms with van der Waals surface area (Å²) in [4.78, 5) is 2.34. The highest BCUT2D eigenvalue weighted by molar-refractivity contribution is 7.18. The molecule has 240 valence electrons. The molecule has 11 aromatic rings. The second-order valence-electron chi connectivity index (χ2n) is 12.9. The number of rotatable bonds is 5. The summed E-state index contributed by atoms with van der Waals surface area (Å²) >= 11 is 1.80. The summed E-state index contributed by atoms with van der Waals surface area (Å²) in [5.41, 5.74) is 9.81. The topological polar surface area (TPSA) is 26.2 Å². The van der Waals surface area contributed by atoms with Gasteiger partial charge in [-0.05, 0) is 66.7 Å². The minimum absolute atomic E-state index is 0.890. The monoisotopic (exact) mass is 671 g/mol. The van der Waals surface area contributed by atoms with Gasteiger partial charge < -0.3 is 13.9 Å². The van der Waals surface area contributed by atoms with Gasteiger partial charge in [0.05, 0.1) is 32.8 Å². The molecule has 0 fully saturated rings. The Hall–Kier alpha value is -6.56. The van der Waals surface area contributed by atoms with Gasteiger partial charge in [0.1, 0.15) is 21.2 Å². The second-order valence-corrected chi connectivity index (χ2v) is 13.9.